The minimum Gasteiger partial charge on any atom is -0.256 e. The van der Waals surface area contributed by atoms with Gasteiger partial charge >= 0.3 is 0 Å². The Morgan fingerprint density at radius 1 is 0.528 bits per heavy atom. The molecule has 6 rings (SSSR count). The summed E-state index contributed by atoms with van der Waals surface area (Å²) in [7, 11) is 0. The number of hydrogen-bond donors (Lipinski definition) is 0. The van der Waals surface area contributed by atoms with E-state index in [9.17, 15) is 0 Å². The summed E-state index contributed by atoms with van der Waals surface area (Å²) in [6, 6.07) is 27.7. The molecule has 5 aromatic rings. The first-order valence-corrected chi connectivity index (χ1v) is 15.0. The second-order valence-corrected chi connectivity index (χ2v) is 12.6. The fourth-order valence-corrected chi connectivity index (χ4v) is 7.84. The van der Waals surface area contributed by atoms with Gasteiger partial charge in [-0.05, 0) is 79.6 Å². The van der Waals surface area contributed by atoms with Crippen LogP contribution in [0.2, 0.25) is 0 Å². The van der Waals surface area contributed by atoms with E-state index in [4.69, 9.17) is 0 Å². The van der Waals surface area contributed by atoms with Crippen molar-refractivity contribution in [3.63, 3.8) is 0 Å². The summed E-state index contributed by atoms with van der Waals surface area (Å²) < 4.78 is 0. The molecule has 1 aliphatic carbocycles. The van der Waals surface area contributed by atoms with E-state index in [2.05, 4.69) is 76.7 Å². The van der Waals surface area contributed by atoms with Crippen molar-refractivity contribution in [2.75, 3.05) is 0 Å². The van der Waals surface area contributed by atoms with E-state index in [1.54, 1.807) is 22.7 Å². The van der Waals surface area contributed by atoms with Crippen molar-refractivity contribution in [2.45, 2.75) is 12.8 Å². The van der Waals surface area contributed by atoms with Crippen LogP contribution in [0.25, 0.3) is 29.3 Å². The van der Waals surface area contributed by atoms with Gasteiger partial charge in [0.2, 0.25) is 0 Å². The van der Waals surface area contributed by atoms with Gasteiger partial charge in [-0.3, -0.25) is 9.98 Å². The fraction of sp³-hybridized carbons (Fsp3) is 0.0667. The van der Waals surface area contributed by atoms with Crippen LogP contribution in [0.4, 0.5) is 5.69 Å². The maximum Gasteiger partial charge on any atom is 0.0630 e. The molecule has 2 nitrogen and oxygen atoms in total. The minimum atomic E-state index is 0.975. The topological polar surface area (TPSA) is 24.7 Å². The van der Waals surface area contributed by atoms with Crippen LogP contribution in [0.15, 0.2) is 113 Å². The SMILES string of the molecule is C1=CC(N=Cc2ccc(-c3ccc(-c4ccc(-c5ccc(C=Nc6ccccc6)s5)s4)s3)s2)=CCC1. The molecular weight excluding hydrogens is 517 g/mol. The van der Waals surface area contributed by atoms with Gasteiger partial charge < -0.3 is 0 Å². The molecule has 0 N–H and O–H groups in total. The molecule has 0 unspecified atom stereocenters. The quantitative estimate of drug-likeness (QED) is 0.184. The van der Waals surface area contributed by atoms with Crippen molar-refractivity contribution in [1.29, 1.82) is 0 Å². The van der Waals surface area contributed by atoms with Crippen molar-refractivity contribution in [3.8, 4) is 29.3 Å². The van der Waals surface area contributed by atoms with Gasteiger partial charge in [-0.25, -0.2) is 0 Å². The number of thiophene rings is 4. The molecule has 4 aromatic heterocycles. The highest BCUT2D eigenvalue weighted by molar-refractivity contribution is 7.28. The summed E-state index contributed by atoms with van der Waals surface area (Å²) in [5, 5.41) is 0. The van der Waals surface area contributed by atoms with Crippen LogP contribution in [0, 0.1) is 0 Å². The Bertz CT molecular complexity index is 1590. The normalized spacial score (nSPS) is 13.7. The van der Waals surface area contributed by atoms with E-state index in [0.717, 1.165) is 29.1 Å². The first kappa shape index (κ1) is 23.3. The van der Waals surface area contributed by atoms with Gasteiger partial charge in [-0.2, -0.15) is 0 Å². The van der Waals surface area contributed by atoms with Crippen LogP contribution in [0.1, 0.15) is 22.6 Å². The Morgan fingerprint density at radius 3 is 1.61 bits per heavy atom. The van der Waals surface area contributed by atoms with E-state index in [0.29, 0.717) is 0 Å². The lowest BCUT2D eigenvalue weighted by atomic mass is 10.1. The van der Waals surface area contributed by atoms with Gasteiger partial charge in [0.1, 0.15) is 0 Å². The number of hydrogen-bond acceptors (Lipinski definition) is 6. The van der Waals surface area contributed by atoms with Crippen LogP contribution in [0.5, 0.6) is 0 Å². The number of aliphatic imine (C=N–C) groups is 2. The summed E-state index contributed by atoms with van der Waals surface area (Å²) in [5.41, 5.74) is 2.03. The molecule has 0 amide bonds. The van der Waals surface area contributed by atoms with E-state index in [1.165, 1.54) is 34.1 Å². The van der Waals surface area contributed by atoms with Crippen LogP contribution in [-0.2, 0) is 0 Å². The third-order valence-electron chi connectivity index (χ3n) is 5.61. The van der Waals surface area contributed by atoms with E-state index < -0.39 is 0 Å². The fourth-order valence-electron chi connectivity index (χ4n) is 3.80. The zero-order valence-corrected chi connectivity index (χ0v) is 22.6. The number of benzene rings is 1. The first-order valence-electron chi connectivity index (χ1n) is 11.7. The number of para-hydroxylation sites is 1. The molecule has 0 aliphatic heterocycles. The highest BCUT2D eigenvalue weighted by Crippen LogP contribution is 2.42. The van der Waals surface area contributed by atoms with Crippen LogP contribution < -0.4 is 0 Å². The van der Waals surface area contributed by atoms with Crippen LogP contribution in [0.3, 0.4) is 0 Å². The van der Waals surface area contributed by atoms with Gasteiger partial charge in [0.15, 0.2) is 0 Å². The van der Waals surface area contributed by atoms with Gasteiger partial charge in [0.25, 0.3) is 0 Å². The van der Waals surface area contributed by atoms with E-state index in [-0.39, 0.29) is 0 Å². The molecule has 1 aliphatic rings. The van der Waals surface area contributed by atoms with Crippen LogP contribution in [-0.4, -0.2) is 12.4 Å². The van der Waals surface area contributed by atoms with Crippen molar-refractivity contribution in [1.82, 2.24) is 0 Å². The Labute approximate surface area is 227 Å². The molecule has 4 heterocycles. The van der Waals surface area contributed by atoms with Crippen molar-refractivity contribution in [2.24, 2.45) is 9.98 Å². The van der Waals surface area contributed by atoms with E-state index >= 15 is 0 Å². The smallest absolute Gasteiger partial charge is 0.0630 e. The molecule has 176 valence electrons. The maximum atomic E-state index is 4.63. The summed E-state index contributed by atoms with van der Waals surface area (Å²) >= 11 is 7.28. The molecule has 0 atom stereocenters. The maximum absolute atomic E-state index is 4.63. The molecule has 0 saturated heterocycles. The lowest BCUT2D eigenvalue weighted by Gasteiger charge is -1.99. The zero-order valence-electron chi connectivity index (χ0n) is 19.3. The zero-order chi connectivity index (χ0) is 24.2. The predicted octanol–water partition coefficient (Wildman–Crippen LogP) is 10.3. The third-order valence-corrected chi connectivity index (χ3v) is 10.4. The van der Waals surface area contributed by atoms with Gasteiger partial charge in [-0.1, -0.05) is 30.4 Å². The molecule has 6 heteroatoms. The lowest BCUT2D eigenvalue weighted by Crippen LogP contribution is -1.82. The Balaban J connectivity index is 1.15. The lowest BCUT2D eigenvalue weighted by molar-refractivity contribution is 1.01. The number of rotatable bonds is 7. The van der Waals surface area contributed by atoms with Crippen LogP contribution >= 0.6 is 45.3 Å². The standard InChI is InChI=1S/C30H22N2S4/c1-3-7-21(8-4-1)31-19-23-11-13-25(33-23)27-15-17-29(35-27)30-18-16-28(36-30)26-14-12-24(34-26)20-32-22-9-5-2-6-10-22/h1,3-5,7-20H,2,6H2. The van der Waals surface area contributed by atoms with Gasteiger partial charge in [0, 0.05) is 51.4 Å². The molecule has 36 heavy (non-hydrogen) atoms. The van der Waals surface area contributed by atoms with Crippen molar-refractivity contribution in [3.05, 3.63) is 113 Å². The molecule has 0 radical (unpaired) electrons. The summed E-state index contributed by atoms with van der Waals surface area (Å²) in [5.74, 6) is 0. The van der Waals surface area contributed by atoms with Gasteiger partial charge in [-0.15, -0.1) is 45.3 Å². The average Bonchev–Trinajstić information content (AvgIpc) is 3.73. The molecule has 0 fully saturated rings. The number of nitrogens with zero attached hydrogens (tertiary/aromatic N) is 2. The molecule has 0 bridgehead atoms. The average molecular weight is 539 g/mol. The molecule has 1 aromatic carbocycles. The highest BCUT2D eigenvalue weighted by Gasteiger charge is 2.11. The molecule has 0 spiro atoms. The predicted molar refractivity (Wildman–Crippen MR) is 162 cm³/mol. The first-order chi connectivity index (χ1) is 17.8. The summed E-state index contributed by atoms with van der Waals surface area (Å²) in [6.07, 6.45) is 12.6. The van der Waals surface area contributed by atoms with Crippen molar-refractivity contribution >= 4 is 63.5 Å². The van der Waals surface area contributed by atoms with Gasteiger partial charge in [0.05, 0.1) is 11.4 Å². The number of allylic oxidation sites excluding steroid dienone is 3. The summed E-state index contributed by atoms with van der Waals surface area (Å²) in [6.45, 7) is 0. The van der Waals surface area contributed by atoms with Crippen molar-refractivity contribution < 1.29 is 0 Å². The second-order valence-electron chi connectivity index (χ2n) is 8.19. The minimum absolute atomic E-state index is 0.975. The Hall–Kier alpha value is -3.16. The second kappa shape index (κ2) is 10.8. The monoisotopic (exact) mass is 538 g/mol. The molecule has 0 saturated carbocycles. The molecular formula is C30H22N2S4. The summed E-state index contributed by atoms with van der Waals surface area (Å²) in [4.78, 5) is 19.3. The van der Waals surface area contributed by atoms with E-state index in [1.807, 2.05) is 65.4 Å². The Kier molecular flexibility index (Phi) is 7.01. The highest BCUT2D eigenvalue weighted by atomic mass is 32.1. The largest absolute Gasteiger partial charge is 0.256 e. The third kappa shape index (κ3) is 5.47. The Morgan fingerprint density at radius 2 is 1.06 bits per heavy atom.